The molecule has 1 heterocycles. The Morgan fingerprint density at radius 3 is 2.68 bits per heavy atom. The normalized spacial score (nSPS) is 31.7. The van der Waals surface area contributed by atoms with Crippen molar-refractivity contribution in [2.45, 2.75) is 30.3 Å². The highest BCUT2D eigenvalue weighted by atomic mass is 35.5. The molecule has 98 valence electrons. The largest absolute Gasteiger partial charge is 0.331 e. The van der Waals surface area contributed by atoms with Gasteiger partial charge in [-0.25, -0.2) is 9.37 Å². The molecule has 0 spiro atoms. The Morgan fingerprint density at radius 2 is 2.05 bits per heavy atom. The van der Waals surface area contributed by atoms with Crippen molar-refractivity contribution in [2.24, 2.45) is 5.73 Å². The van der Waals surface area contributed by atoms with Gasteiger partial charge in [-0.1, -0.05) is 11.6 Å². The lowest BCUT2D eigenvalue weighted by Gasteiger charge is -2.69. The summed E-state index contributed by atoms with van der Waals surface area (Å²) in [4.78, 5) is 4.31. The summed E-state index contributed by atoms with van der Waals surface area (Å²) in [5.41, 5.74) is 7.38. The van der Waals surface area contributed by atoms with E-state index in [0.717, 1.165) is 19.3 Å². The van der Waals surface area contributed by atoms with E-state index in [1.54, 1.807) is 18.5 Å². The lowest BCUT2D eigenvalue weighted by atomic mass is 9.44. The Labute approximate surface area is 115 Å². The van der Waals surface area contributed by atoms with Crippen LogP contribution in [0.25, 0.3) is 11.3 Å². The van der Waals surface area contributed by atoms with Crippen LogP contribution in [0, 0.1) is 5.82 Å². The molecule has 0 saturated heterocycles. The summed E-state index contributed by atoms with van der Waals surface area (Å²) in [6.07, 6.45) is 6.68. The first kappa shape index (κ1) is 11.4. The number of benzene rings is 1. The molecule has 1 aromatic carbocycles. The van der Waals surface area contributed by atoms with Gasteiger partial charge < -0.3 is 10.3 Å². The average Bonchev–Trinajstić information content (AvgIpc) is 2.72. The zero-order valence-electron chi connectivity index (χ0n) is 10.2. The SMILES string of the molecule is NC12CC(n3cnc(-c4ccc(Cl)cc4F)c3)(C1)C2. The summed E-state index contributed by atoms with van der Waals surface area (Å²) in [7, 11) is 0. The molecule has 3 aliphatic rings. The molecule has 1 aromatic heterocycles. The minimum Gasteiger partial charge on any atom is -0.331 e. The predicted molar refractivity (Wildman–Crippen MR) is 71.4 cm³/mol. The maximum atomic E-state index is 13.9. The van der Waals surface area contributed by atoms with Crippen LogP contribution in [0.5, 0.6) is 0 Å². The highest BCUT2D eigenvalue weighted by molar-refractivity contribution is 6.30. The fraction of sp³-hybridized carbons (Fsp3) is 0.357. The number of nitrogens with zero attached hydrogens (tertiary/aromatic N) is 2. The monoisotopic (exact) mass is 277 g/mol. The van der Waals surface area contributed by atoms with E-state index in [0.29, 0.717) is 16.3 Å². The quantitative estimate of drug-likeness (QED) is 0.917. The van der Waals surface area contributed by atoms with Crippen molar-refractivity contribution in [2.75, 3.05) is 0 Å². The van der Waals surface area contributed by atoms with Crippen LogP contribution in [0.1, 0.15) is 19.3 Å². The Bertz CT molecular complexity index is 659. The Balaban J connectivity index is 1.68. The molecule has 5 rings (SSSR count). The Hall–Kier alpha value is -1.39. The second kappa shape index (κ2) is 3.38. The smallest absolute Gasteiger partial charge is 0.134 e. The number of hydrogen-bond acceptors (Lipinski definition) is 2. The van der Waals surface area contributed by atoms with Gasteiger partial charge in [-0.2, -0.15) is 0 Å². The summed E-state index contributed by atoms with van der Waals surface area (Å²) in [5.74, 6) is -0.342. The van der Waals surface area contributed by atoms with E-state index < -0.39 is 0 Å². The Kier molecular flexibility index (Phi) is 2.03. The molecule has 0 atom stereocenters. The lowest BCUT2D eigenvalue weighted by Crippen LogP contribution is -2.76. The van der Waals surface area contributed by atoms with Crippen LogP contribution in [0.3, 0.4) is 0 Å². The van der Waals surface area contributed by atoms with Crippen molar-refractivity contribution in [1.29, 1.82) is 0 Å². The number of rotatable bonds is 2. The van der Waals surface area contributed by atoms with E-state index in [4.69, 9.17) is 17.3 Å². The van der Waals surface area contributed by atoms with Crippen molar-refractivity contribution in [3.05, 3.63) is 41.6 Å². The fourth-order valence-corrected chi connectivity index (χ4v) is 3.66. The first-order valence-electron chi connectivity index (χ1n) is 6.29. The third-order valence-electron chi connectivity index (χ3n) is 4.38. The second-order valence-electron chi connectivity index (χ2n) is 5.91. The first-order valence-corrected chi connectivity index (χ1v) is 6.66. The van der Waals surface area contributed by atoms with Crippen LogP contribution in [-0.4, -0.2) is 15.1 Å². The summed E-state index contributed by atoms with van der Waals surface area (Å²) in [5, 5.41) is 0.394. The Morgan fingerprint density at radius 1 is 1.32 bits per heavy atom. The number of hydrogen-bond donors (Lipinski definition) is 1. The van der Waals surface area contributed by atoms with Gasteiger partial charge in [-0.05, 0) is 37.5 Å². The molecule has 3 aliphatic carbocycles. The standard InChI is InChI=1S/C14H13ClFN3/c15-9-1-2-10(11(16)3-9)12-4-19(8-18-12)14-5-13(17,6-14)7-14/h1-4,8H,5-7,17H2. The van der Waals surface area contributed by atoms with Gasteiger partial charge in [0.05, 0.1) is 17.6 Å². The minimum atomic E-state index is -0.342. The molecule has 2 aromatic rings. The zero-order chi connectivity index (χ0) is 13.3. The van der Waals surface area contributed by atoms with Crippen LogP contribution < -0.4 is 5.73 Å². The highest BCUT2D eigenvalue weighted by Gasteiger charge is 2.67. The van der Waals surface area contributed by atoms with E-state index in [2.05, 4.69) is 9.55 Å². The van der Waals surface area contributed by atoms with E-state index >= 15 is 0 Å². The molecule has 3 nitrogen and oxygen atoms in total. The van der Waals surface area contributed by atoms with Gasteiger partial charge in [0.25, 0.3) is 0 Å². The summed E-state index contributed by atoms with van der Waals surface area (Å²) in [6, 6.07) is 4.65. The van der Waals surface area contributed by atoms with Crippen molar-refractivity contribution >= 4 is 11.6 Å². The molecule has 0 aliphatic heterocycles. The van der Waals surface area contributed by atoms with Crippen LogP contribution in [0.15, 0.2) is 30.7 Å². The van der Waals surface area contributed by atoms with Crippen molar-refractivity contribution in [3.63, 3.8) is 0 Å². The molecule has 2 bridgehead atoms. The van der Waals surface area contributed by atoms with Crippen molar-refractivity contribution < 1.29 is 4.39 Å². The van der Waals surface area contributed by atoms with E-state index in [1.165, 1.54) is 6.07 Å². The highest BCUT2D eigenvalue weighted by Crippen LogP contribution is 2.63. The molecular weight excluding hydrogens is 265 g/mol. The molecule has 3 saturated carbocycles. The van der Waals surface area contributed by atoms with Crippen LogP contribution >= 0.6 is 11.6 Å². The van der Waals surface area contributed by atoms with E-state index in [9.17, 15) is 4.39 Å². The fourth-order valence-electron chi connectivity index (χ4n) is 3.50. The summed E-state index contributed by atoms with van der Waals surface area (Å²) in [6.45, 7) is 0. The van der Waals surface area contributed by atoms with Crippen molar-refractivity contribution in [3.8, 4) is 11.3 Å². The van der Waals surface area contributed by atoms with Crippen LogP contribution in [0.2, 0.25) is 5.02 Å². The summed E-state index contributed by atoms with van der Waals surface area (Å²) < 4.78 is 15.9. The lowest BCUT2D eigenvalue weighted by molar-refractivity contribution is -0.114. The molecule has 0 amide bonds. The molecule has 2 N–H and O–H groups in total. The van der Waals surface area contributed by atoms with Gasteiger partial charge in [0.1, 0.15) is 5.82 Å². The van der Waals surface area contributed by atoms with Gasteiger partial charge in [-0.15, -0.1) is 0 Å². The molecule has 0 unspecified atom stereocenters. The average molecular weight is 278 g/mol. The third kappa shape index (κ3) is 1.50. The van der Waals surface area contributed by atoms with Gasteiger partial charge >= 0.3 is 0 Å². The molecule has 3 fully saturated rings. The number of aromatic nitrogens is 2. The van der Waals surface area contributed by atoms with Gasteiger partial charge in [-0.3, -0.25) is 0 Å². The topological polar surface area (TPSA) is 43.8 Å². The van der Waals surface area contributed by atoms with Gasteiger partial charge in [0.2, 0.25) is 0 Å². The maximum absolute atomic E-state index is 13.9. The number of imidazole rings is 1. The van der Waals surface area contributed by atoms with Gasteiger partial charge in [0, 0.05) is 22.3 Å². The third-order valence-corrected chi connectivity index (χ3v) is 4.62. The van der Waals surface area contributed by atoms with Crippen LogP contribution in [-0.2, 0) is 5.54 Å². The summed E-state index contributed by atoms with van der Waals surface area (Å²) >= 11 is 5.76. The number of nitrogens with two attached hydrogens (primary N) is 1. The van der Waals surface area contributed by atoms with Crippen molar-refractivity contribution in [1.82, 2.24) is 9.55 Å². The number of halogens is 2. The molecule has 19 heavy (non-hydrogen) atoms. The minimum absolute atomic E-state index is 0.0515. The predicted octanol–water partition coefficient (Wildman–Crippen LogP) is 2.93. The van der Waals surface area contributed by atoms with Crippen LogP contribution in [0.4, 0.5) is 4.39 Å². The maximum Gasteiger partial charge on any atom is 0.134 e. The molecule has 0 radical (unpaired) electrons. The zero-order valence-corrected chi connectivity index (χ0v) is 11.0. The first-order chi connectivity index (χ1) is 9.00. The second-order valence-corrected chi connectivity index (χ2v) is 6.34. The molecular formula is C14H13ClFN3. The molecule has 5 heteroatoms. The van der Waals surface area contributed by atoms with E-state index in [1.807, 2.05) is 6.20 Å². The van der Waals surface area contributed by atoms with E-state index in [-0.39, 0.29) is 16.9 Å². The van der Waals surface area contributed by atoms with Gasteiger partial charge in [0.15, 0.2) is 0 Å².